The predicted molar refractivity (Wildman–Crippen MR) is 112 cm³/mol. The van der Waals surface area contributed by atoms with E-state index < -0.39 is 0 Å². The molecule has 2 fully saturated rings. The van der Waals surface area contributed by atoms with Crippen molar-refractivity contribution in [3.05, 3.63) is 35.9 Å². The van der Waals surface area contributed by atoms with Crippen LogP contribution in [-0.2, 0) is 11.3 Å². The minimum Gasteiger partial charge on any atom is -0.352 e. The first-order chi connectivity index (χ1) is 11.5. The highest BCUT2D eigenvalue weighted by atomic mass is 35.5. The molecular weight excluding hydrogens is 369 g/mol. The number of piperidine rings is 1. The number of hydrogen-bond donors (Lipinski definition) is 2. The van der Waals surface area contributed by atoms with Crippen molar-refractivity contribution in [1.29, 1.82) is 0 Å². The molecular formula is C20H33Cl2N3O. The number of nitrogens with two attached hydrogens (primary N) is 1. The summed E-state index contributed by atoms with van der Waals surface area (Å²) >= 11 is 0. The number of fused-ring (bicyclic) bond motifs is 2. The van der Waals surface area contributed by atoms with E-state index in [-0.39, 0.29) is 36.8 Å². The molecule has 2 unspecified atom stereocenters. The van der Waals surface area contributed by atoms with E-state index in [1.807, 2.05) is 0 Å². The lowest BCUT2D eigenvalue weighted by atomic mass is 9.95. The predicted octanol–water partition coefficient (Wildman–Crippen LogP) is 3.52. The lowest BCUT2D eigenvalue weighted by Crippen LogP contribution is -2.53. The molecule has 1 aromatic carbocycles. The summed E-state index contributed by atoms with van der Waals surface area (Å²) in [4.78, 5) is 14.9. The summed E-state index contributed by atoms with van der Waals surface area (Å²) < 4.78 is 0. The van der Waals surface area contributed by atoms with Crippen molar-refractivity contribution >= 4 is 30.7 Å². The summed E-state index contributed by atoms with van der Waals surface area (Å²) in [5.41, 5.74) is 7.41. The Labute approximate surface area is 170 Å². The third-order valence-corrected chi connectivity index (χ3v) is 5.50. The van der Waals surface area contributed by atoms with Crippen molar-refractivity contribution in [2.75, 3.05) is 0 Å². The van der Waals surface area contributed by atoms with Gasteiger partial charge < -0.3 is 11.1 Å². The molecule has 0 aliphatic carbocycles. The van der Waals surface area contributed by atoms with Crippen molar-refractivity contribution < 1.29 is 4.79 Å². The van der Waals surface area contributed by atoms with E-state index in [2.05, 4.69) is 54.4 Å². The zero-order valence-electron chi connectivity index (χ0n) is 15.8. The lowest BCUT2D eigenvalue weighted by Gasteiger charge is -2.39. The summed E-state index contributed by atoms with van der Waals surface area (Å²) in [6.45, 7) is 5.24. The molecule has 4 nitrogen and oxygen atoms in total. The molecule has 6 heteroatoms. The number of halogens is 2. The summed E-state index contributed by atoms with van der Waals surface area (Å²) in [7, 11) is 0. The first-order valence-electron chi connectivity index (χ1n) is 9.38. The largest absolute Gasteiger partial charge is 0.352 e. The minimum absolute atomic E-state index is 0. The first kappa shape index (κ1) is 23.2. The highest BCUT2D eigenvalue weighted by Crippen LogP contribution is 2.36. The fraction of sp³-hybridized carbons (Fsp3) is 0.650. The number of benzene rings is 1. The van der Waals surface area contributed by atoms with Gasteiger partial charge in [-0.2, -0.15) is 0 Å². The Morgan fingerprint density at radius 3 is 2.27 bits per heavy atom. The van der Waals surface area contributed by atoms with Gasteiger partial charge in [0.25, 0.3) is 0 Å². The molecule has 2 bridgehead atoms. The summed E-state index contributed by atoms with van der Waals surface area (Å²) in [6.07, 6.45) is 5.38. The van der Waals surface area contributed by atoms with Gasteiger partial charge in [-0.3, -0.25) is 9.69 Å². The zero-order valence-corrected chi connectivity index (χ0v) is 17.4. The molecule has 3 atom stereocenters. The number of carbonyl (C=O) groups is 1. The van der Waals surface area contributed by atoms with Crippen LogP contribution < -0.4 is 11.1 Å². The van der Waals surface area contributed by atoms with Gasteiger partial charge in [0.2, 0.25) is 5.91 Å². The molecule has 26 heavy (non-hydrogen) atoms. The summed E-state index contributed by atoms with van der Waals surface area (Å²) in [5, 5.41) is 3.22. The molecule has 2 aliphatic rings. The maximum Gasteiger partial charge on any atom is 0.237 e. The number of nitrogens with one attached hydrogen (secondary N) is 1. The van der Waals surface area contributed by atoms with Gasteiger partial charge in [0.05, 0.1) is 6.04 Å². The van der Waals surface area contributed by atoms with Crippen LogP contribution in [0.2, 0.25) is 0 Å². The molecule has 2 heterocycles. The van der Waals surface area contributed by atoms with Crippen molar-refractivity contribution in [2.45, 2.75) is 76.7 Å². The van der Waals surface area contributed by atoms with Crippen LogP contribution in [0.5, 0.6) is 0 Å². The first-order valence-corrected chi connectivity index (χ1v) is 9.38. The Morgan fingerprint density at radius 1 is 1.15 bits per heavy atom. The smallest absolute Gasteiger partial charge is 0.237 e. The maximum absolute atomic E-state index is 12.3. The molecule has 0 aromatic heterocycles. The van der Waals surface area contributed by atoms with Crippen LogP contribution in [0.4, 0.5) is 0 Å². The molecule has 148 valence electrons. The molecule has 2 saturated heterocycles. The van der Waals surface area contributed by atoms with Gasteiger partial charge in [0.1, 0.15) is 0 Å². The van der Waals surface area contributed by atoms with Gasteiger partial charge in [-0.05, 0) is 43.6 Å². The highest BCUT2D eigenvalue weighted by Gasteiger charge is 2.41. The van der Waals surface area contributed by atoms with Crippen LogP contribution in [0.3, 0.4) is 0 Å². The Balaban J connectivity index is 0.00000169. The zero-order chi connectivity index (χ0) is 17.1. The fourth-order valence-corrected chi connectivity index (χ4v) is 4.37. The molecule has 3 N–H and O–H groups in total. The maximum atomic E-state index is 12.3. The van der Waals surface area contributed by atoms with Gasteiger partial charge in [-0.25, -0.2) is 0 Å². The summed E-state index contributed by atoms with van der Waals surface area (Å²) in [6, 6.07) is 11.8. The Kier molecular flexibility index (Phi) is 9.39. The molecule has 0 saturated carbocycles. The van der Waals surface area contributed by atoms with E-state index in [9.17, 15) is 4.79 Å². The van der Waals surface area contributed by atoms with Crippen LogP contribution in [0, 0.1) is 5.92 Å². The van der Waals surface area contributed by atoms with Crippen LogP contribution in [-0.4, -0.2) is 35.0 Å². The van der Waals surface area contributed by atoms with Crippen molar-refractivity contribution in [1.82, 2.24) is 10.2 Å². The Hall–Kier alpha value is -0.810. The van der Waals surface area contributed by atoms with Gasteiger partial charge in [0, 0.05) is 24.7 Å². The van der Waals surface area contributed by atoms with Gasteiger partial charge in [-0.15, -0.1) is 24.8 Å². The number of nitrogens with zero attached hydrogens (tertiary/aromatic N) is 1. The third kappa shape index (κ3) is 5.85. The van der Waals surface area contributed by atoms with Crippen LogP contribution in [0.25, 0.3) is 0 Å². The number of rotatable bonds is 6. The molecule has 2 aliphatic heterocycles. The molecule has 1 amide bonds. The average molecular weight is 402 g/mol. The van der Waals surface area contributed by atoms with Crippen molar-refractivity contribution in [2.24, 2.45) is 11.7 Å². The summed E-state index contributed by atoms with van der Waals surface area (Å²) in [5.74, 6) is 0.485. The highest BCUT2D eigenvalue weighted by molar-refractivity contribution is 5.85. The monoisotopic (exact) mass is 401 g/mol. The molecule has 3 rings (SSSR count). The molecule has 0 radical (unpaired) electrons. The minimum atomic E-state index is -0.370. The third-order valence-electron chi connectivity index (χ3n) is 5.50. The topological polar surface area (TPSA) is 58.4 Å². The van der Waals surface area contributed by atoms with Gasteiger partial charge in [-0.1, -0.05) is 44.2 Å². The number of amides is 1. The van der Waals surface area contributed by atoms with E-state index in [1.165, 1.54) is 18.4 Å². The Bertz CT molecular complexity index is 541. The van der Waals surface area contributed by atoms with Crippen molar-refractivity contribution in [3.8, 4) is 0 Å². The van der Waals surface area contributed by atoms with E-state index in [0.29, 0.717) is 24.0 Å². The van der Waals surface area contributed by atoms with Gasteiger partial charge >= 0.3 is 0 Å². The van der Waals surface area contributed by atoms with Crippen LogP contribution in [0.1, 0.15) is 51.5 Å². The van der Waals surface area contributed by atoms with Crippen molar-refractivity contribution in [3.63, 3.8) is 0 Å². The average Bonchev–Trinajstić information content (AvgIpc) is 2.78. The Morgan fingerprint density at radius 2 is 1.73 bits per heavy atom. The molecule has 1 aromatic rings. The second kappa shape index (κ2) is 10.5. The van der Waals surface area contributed by atoms with E-state index in [4.69, 9.17) is 5.73 Å². The van der Waals surface area contributed by atoms with E-state index >= 15 is 0 Å². The number of hydrogen-bond acceptors (Lipinski definition) is 3. The second-order valence-electron chi connectivity index (χ2n) is 7.96. The number of carbonyl (C=O) groups excluding carboxylic acids is 1. The standard InChI is InChI=1S/C20H31N3O.2ClH/c1-14(2)10-19(21)20(24)22-16-11-17-8-9-18(12-16)23(17)13-15-6-4-3-5-7-15;;/h3-7,14,16-19H,8-13,21H2,1-2H3,(H,22,24);2*1H/t16?,17?,18?,19-;;/m0../s1. The van der Waals surface area contributed by atoms with Crippen LogP contribution in [0.15, 0.2) is 30.3 Å². The van der Waals surface area contributed by atoms with Crippen LogP contribution >= 0.6 is 24.8 Å². The SMILES string of the molecule is CC(C)C[C@H](N)C(=O)NC1CC2CCC(C1)N2Cc1ccccc1.Cl.Cl. The fourth-order valence-electron chi connectivity index (χ4n) is 4.37. The van der Waals surface area contributed by atoms with Gasteiger partial charge in [0.15, 0.2) is 0 Å². The molecule has 0 spiro atoms. The normalized spacial score (nSPS) is 25.9. The van der Waals surface area contributed by atoms with E-state index in [0.717, 1.165) is 25.8 Å². The quantitative estimate of drug-likeness (QED) is 0.766. The lowest BCUT2D eigenvalue weighted by molar-refractivity contribution is -0.123. The second-order valence-corrected chi connectivity index (χ2v) is 7.96. The van der Waals surface area contributed by atoms with E-state index in [1.54, 1.807) is 0 Å².